The van der Waals surface area contributed by atoms with Gasteiger partial charge >= 0.3 is 0 Å². The predicted molar refractivity (Wildman–Crippen MR) is 47.8 cm³/mol. The van der Waals surface area contributed by atoms with Crippen molar-refractivity contribution in [3.05, 3.63) is 19.1 Å². The summed E-state index contributed by atoms with van der Waals surface area (Å²) < 4.78 is 0. The Morgan fingerprint density at radius 2 is 2.20 bits per heavy atom. The van der Waals surface area contributed by atoms with Gasteiger partial charge in [-0.25, -0.2) is 0 Å². The monoisotopic (exact) mass is 139 g/mol. The molecular formula is C10H19. The second-order valence-electron chi connectivity index (χ2n) is 2.81. The number of unbranched alkanes of at least 4 members (excludes halogenated alkanes) is 2. The molecule has 1 atom stereocenters. The maximum absolute atomic E-state index is 3.79. The molecule has 0 N–H and O–H groups in total. The molecular weight excluding hydrogens is 120 g/mol. The molecule has 0 rings (SSSR count). The van der Waals surface area contributed by atoms with Crippen molar-refractivity contribution < 1.29 is 0 Å². The standard InChI is InChI=1S/C10H19/c1-4-6-7-8-9-10(3)5-2/h8-10H,1,4-7H2,2-3H3/b9-8+. The molecule has 0 saturated carbocycles. The van der Waals surface area contributed by atoms with Gasteiger partial charge in [-0.15, -0.1) is 0 Å². The molecule has 0 aliphatic heterocycles. The fourth-order valence-corrected chi connectivity index (χ4v) is 0.727. The Kier molecular flexibility index (Phi) is 6.68. The molecule has 0 aliphatic carbocycles. The molecule has 1 unspecified atom stereocenters. The van der Waals surface area contributed by atoms with E-state index < -0.39 is 0 Å². The molecule has 1 radical (unpaired) electrons. The number of hydrogen-bond acceptors (Lipinski definition) is 0. The lowest BCUT2D eigenvalue weighted by molar-refractivity contribution is 0.693. The van der Waals surface area contributed by atoms with E-state index in [1.165, 1.54) is 19.3 Å². The van der Waals surface area contributed by atoms with E-state index in [1.807, 2.05) is 0 Å². The van der Waals surface area contributed by atoms with Crippen molar-refractivity contribution in [3.63, 3.8) is 0 Å². The molecule has 0 saturated heterocycles. The van der Waals surface area contributed by atoms with Crippen molar-refractivity contribution in [3.8, 4) is 0 Å². The topological polar surface area (TPSA) is 0 Å². The van der Waals surface area contributed by atoms with E-state index in [1.54, 1.807) is 0 Å². The van der Waals surface area contributed by atoms with Crippen molar-refractivity contribution in [1.82, 2.24) is 0 Å². The molecule has 0 amide bonds. The van der Waals surface area contributed by atoms with Crippen LogP contribution in [-0.4, -0.2) is 0 Å². The molecule has 59 valence electrons. The zero-order valence-electron chi connectivity index (χ0n) is 7.27. The first-order valence-electron chi connectivity index (χ1n) is 4.27. The second kappa shape index (κ2) is 6.85. The SMILES string of the molecule is [CH2]CCC/C=C/C(C)CC. The lowest BCUT2D eigenvalue weighted by atomic mass is 10.1. The van der Waals surface area contributed by atoms with Crippen LogP contribution >= 0.6 is 0 Å². The Balaban J connectivity index is 3.18. The molecule has 0 spiro atoms. The van der Waals surface area contributed by atoms with Crippen LogP contribution in [0.2, 0.25) is 0 Å². The lowest BCUT2D eigenvalue weighted by Crippen LogP contribution is -1.83. The third kappa shape index (κ3) is 5.87. The number of rotatable bonds is 5. The average Bonchev–Trinajstić information content (AvgIpc) is 1.98. The van der Waals surface area contributed by atoms with Crippen LogP contribution < -0.4 is 0 Å². The van der Waals surface area contributed by atoms with E-state index >= 15 is 0 Å². The van der Waals surface area contributed by atoms with Crippen LogP contribution in [0.5, 0.6) is 0 Å². The van der Waals surface area contributed by atoms with Crippen molar-refractivity contribution in [2.75, 3.05) is 0 Å². The summed E-state index contributed by atoms with van der Waals surface area (Å²) in [6, 6.07) is 0. The fourth-order valence-electron chi connectivity index (χ4n) is 0.727. The highest BCUT2D eigenvalue weighted by molar-refractivity contribution is 4.85. The largest absolute Gasteiger partial charge is 0.0883 e. The summed E-state index contributed by atoms with van der Waals surface area (Å²) in [6.07, 6.45) is 9.32. The molecule has 10 heavy (non-hydrogen) atoms. The molecule has 0 aromatic carbocycles. The summed E-state index contributed by atoms with van der Waals surface area (Å²) in [5, 5.41) is 0. The van der Waals surface area contributed by atoms with E-state index in [-0.39, 0.29) is 0 Å². The van der Waals surface area contributed by atoms with Gasteiger partial charge in [0.25, 0.3) is 0 Å². The van der Waals surface area contributed by atoms with Gasteiger partial charge in [0.2, 0.25) is 0 Å². The zero-order valence-corrected chi connectivity index (χ0v) is 7.27. The van der Waals surface area contributed by atoms with Crippen molar-refractivity contribution in [2.24, 2.45) is 5.92 Å². The third-order valence-electron chi connectivity index (χ3n) is 1.73. The normalized spacial score (nSPS) is 14.3. The van der Waals surface area contributed by atoms with Gasteiger partial charge in [-0.3, -0.25) is 0 Å². The zero-order chi connectivity index (χ0) is 7.82. The minimum absolute atomic E-state index is 0.754. The van der Waals surface area contributed by atoms with Gasteiger partial charge in [0.05, 0.1) is 0 Å². The van der Waals surface area contributed by atoms with Crippen LogP contribution in [0.25, 0.3) is 0 Å². The van der Waals surface area contributed by atoms with Gasteiger partial charge in [0.1, 0.15) is 0 Å². The van der Waals surface area contributed by atoms with E-state index in [0.29, 0.717) is 0 Å². The third-order valence-corrected chi connectivity index (χ3v) is 1.73. The smallest absolute Gasteiger partial charge is 0.0265 e. The Morgan fingerprint density at radius 3 is 2.70 bits per heavy atom. The summed E-state index contributed by atoms with van der Waals surface area (Å²) in [4.78, 5) is 0. The van der Waals surface area contributed by atoms with Crippen molar-refractivity contribution in [1.29, 1.82) is 0 Å². The summed E-state index contributed by atoms with van der Waals surface area (Å²) in [7, 11) is 0. The maximum atomic E-state index is 3.79. The fraction of sp³-hybridized carbons (Fsp3) is 0.700. The highest BCUT2D eigenvalue weighted by Crippen LogP contribution is 2.03. The van der Waals surface area contributed by atoms with Crippen molar-refractivity contribution >= 4 is 0 Å². The van der Waals surface area contributed by atoms with Gasteiger partial charge in [0.15, 0.2) is 0 Å². The highest BCUT2D eigenvalue weighted by Gasteiger charge is 1.88. The van der Waals surface area contributed by atoms with E-state index in [4.69, 9.17) is 0 Å². The molecule has 0 bridgehead atoms. The van der Waals surface area contributed by atoms with E-state index in [9.17, 15) is 0 Å². The van der Waals surface area contributed by atoms with Gasteiger partial charge in [-0.05, 0) is 18.8 Å². The van der Waals surface area contributed by atoms with Crippen LogP contribution in [0.15, 0.2) is 12.2 Å². The minimum atomic E-state index is 0.754. The van der Waals surface area contributed by atoms with E-state index in [2.05, 4.69) is 32.9 Å². The van der Waals surface area contributed by atoms with Crippen LogP contribution in [0, 0.1) is 12.8 Å². The first-order valence-corrected chi connectivity index (χ1v) is 4.27. The molecule has 0 heteroatoms. The summed E-state index contributed by atoms with van der Waals surface area (Å²) >= 11 is 0. The van der Waals surface area contributed by atoms with Crippen molar-refractivity contribution in [2.45, 2.75) is 39.5 Å². The molecule has 0 nitrogen and oxygen atoms in total. The minimum Gasteiger partial charge on any atom is -0.0883 e. The van der Waals surface area contributed by atoms with Gasteiger partial charge in [0, 0.05) is 0 Å². The maximum Gasteiger partial charge on any atom is -0.0265 e. The summed E-state index contributed by atoms with van der Waals surface area (Å²) in [5.74, 6) is 0.754. The molecule has 0 aromatic heterocycles. The lowest BCUT2D eigenvalue weighted by Gasteiger charge is -1.98. The van der Waals surface area contributed by atoms with E-state index in [0.717, 1.165) is 12.3 Å². The van der Waals surface area contributed by atoms with Crippen LogP contribution in [0.4, 0.5) is 0 Å². The first kappa shape index (κ1) is 9.74. The second-order valence-corrected chi connectivity index (χ2v) is 2.81. The van der Waals surface area contributed by atoms with Crippen LogP contribution in [-0.2, 0) is 0 Å². The molecule has 0 aromatic rings. The quantitative estimate of drug-likeness (QED) is 0.403. The Labute approximate surface area is 65.3 Å². The Hall–Kier alpha value is -0.260. The van der Waals surface area contributed by atoms with Gasteiger partial charge in [-0.1, -0.05) is 45.8 Å². The molecule has 0 fully saturated rings. The van der Waals surface area contributed by atoms with Crippen LogP contribution in [0.1, 0.15) is 39.5 Å². The number of hydrogen-bond donors (Lipinski definition) is 0. The highest BCUT2D eigenvalue weighted by atomic mass is 13.9. The summed E-state index contributed by atoms with van der Waals surface area (Å²) in [6.45, 7) is 8.26. The first-order chi connectivity index (χ1) is 4.81. The van der Waals surface area contributed by atoms with Gasteiger partial charge in [-0.2, -0.15) is 0 Å². The van der Waals surface area contributed by atoms with Crippen LogP contribution in [0.3, 0.4) is 0 Å². The summed E-state index contributed by atoms with van der Waals surface area (Å²) in [5.41, 5.74) is 0. The Morgan fingerprint density at radius 1 is 1.50 bits per heavy atom. The number of allylic oxidation sites excluding steroid dienone is 2. The average molecular weight is 139 g/mol. The predicted octanol–water partition coefficient (Wildman–Crippen LogP) is 3.59. The molecule has 0 heterocycles. The Bertz CT molecular complexity index is 82.0. The van der Waals surface area contributed by atoms with Gasteiger partial charge < -0.3 is 0 Å². The molecule has 0 aliphatic rings.